The summed E-state index contributed by atoms with van der Waals surface area (Å²) in [6.45, 7) is 7.03. The van der Waals surface area contributed by atoms with Crippen molar-refractivity contribution in [3.63, 3.8) is 0 Å². The van der Waals surface area contributed by atoms with Gasteiger partial charge in [-0.2, -0.15) is 4.98 Å². The Morgan fingerprint density at radius 2 is 1.86 bits per heavy atom. The summed E-state index contributed by atoms with van der Waals surface area (Å²) in [5.74, 6) is 2.09. The van der Waals surface area contributed by atoms with Gasteiger partial charge in [0.15, 0.2) is 0 Å². The van der Waals surface area contributed by atoms with Crippen LogP contribution in [0, 0.1) is 0 Å². The van der Waals surface area contributed by atoms with Gasteiger partial charge in [0.1, 0.15) is 17.7 Å². The molecule has 3 unspecified atom stereocenters. The van der Waals surface area contributed by atoms with Crippen LogP contribution in [0.4, 0.5) is 23.3 Å². The summed E-state index contributed by atoms with van der Waals surface area (Å²) >= 11 is 0. The van der Waals surface area contributed by atoms with Crippen LogP contribution in [0.15, 0.2) is 30.6 Å². The number of nitrogens with zero attached hydrogens (tertiary/aromatic N) is 5. The molecule has 3 aliphatic heterocycles. The number of rotatable bonds is 3. The molecule has 6 rings (SSSR count). The van der Waals surface area contributed by atoms with Crippen LogP contribution < -0.4 is 25.8 Å². The molecule has 0 bridgehead atoms. The Labute approximate surface area is 206 Å². The standard InChI is InChI=1S/C26H34N8O/c1-17-14-33(15-18(2)30-17)20-7-9-22(27-13-20)31-25-28-12-19-6-8-21-24(35)29-16-26(10-4-3-5-11-26)34(21)23(19)32-25/h6-9,12-13,17-18,21,30H,3-5,10-11,14-16H2,1-2H3,(H,29,35)(H,27,28,31,32). The second-order valence-electron chi connectivity index (χ2n) is 10.5. The maximum Gasteiger partial charge on any atom is 0.246 e. The first-order valence-corrected chi connectivity index (χ1v) is 12.9. The lowest BCUT2D eigenvalue weighted by molar-refractivity contribution is -0.123. The molecule has 2 aromatic rings. The molecule has 1 amide bonds. The number of hydrogen-bond acceptors (Lipinski definition) is 8. The number of aromatic nitrogens is 3. The second kappa shape index (κ2) is 8.78. The Bertz CT molecular complexity index is 1120. The predicted octanol–water partition coefficient (Wildman–Crippen LogP) is 2.84. The van der Waals surface area contributed by atoms with Crippen LogP contribution in [0.2, 0.25) is 0 Å². The second-order valence-corrected chi connectivity index (χ2v) is 10.5. The molecule has 3 atom stereocenters. The summed E-state index contributed by atoms with van der Waals surface area (Å²) in [4.78, 5) is 31.5. The number of hydrogen-bond donors (Lipinski definition) is 3. The number of amides is 1. The van der Waals surface area contributed by atoms with Crippen LogP contribution >= 0.6 is 0 Å². The maximum atomic E-state index is 12.8. The van der Waals surface area contributed by atoms with E-state index in [1.807, 2.05) is 30.6 Å². The highest BCUT2D eigenvalue weighted by Crippen LogP contribution is 2.42. The number of pyridine rings is 1. The summed E-state index contributed by atoms with van der Waals surface area (Å²) in [6, 6.07) is 4.65. The van der Waals surface area contributed by atoms with Gasteiger partial charge < -0.3 is 25.8 Å². The SMILES string of the molecule is CC1CN(c2ccc(Nc3ncc4c(n3)N3C(C=C4)C(=O)NCC34CCCCC4)nc2)CC(C)N1. The Hall–Kier alpha value is -3.20. The van der Waals surface area contributed by atoms with E-state index in [0.29, 0.717) is 30.4 Å². The van der Waals surface area contributed by atoms with E-state index in [4.69, 9.17) is 4.98 Å². The summed E-state index contributed by atoms with van der Waals surface area (Å²) in [5, 5.41) is 10.0. The number of nitrogens with one attached hydrogen (secondary N) is 3. The number of piperazine rings is 2. The number of anilines is 4. The van der Waals surface area contributed by atoms with Crippen LogP contribution in [0.3, 0.4) is 0 Å². The zero-order valence-corrected chi connectivity index (χ0v) is 20.5. The van der Waals surface area contributed by atoms with E-state index in [-0.39, 0.29) is 17.5 Å². The highest BCUT2D eigenvalue weighted by Gasteiger charge is 2.49. The lowest BCUT2D eigenvalue weighted by Gasteiger charge is -2.54. The number of carbonyl (C=O) groups excluding carboxylic acids is 1. The van der Waals surface area contributed by atoms with Gasteiger partial charge in [-0.1, -0.05) is 31.4 Å². The first kappa shape index (κ1) is 22.3. The third-order valence-electron chi connectivity index (χ3n) is 7.83. The molecule has 0 radical (unpaired) electrons. The average Bonchev–Trinajstić information content (AvgIpc) is 2.86. The van der Waals surface area contributed by atoms with Crippen molar-refractivity contribution >= 4 is 35.3 Å². The van der Waals surface area contributed by atoms with Crippen LogP contribution in [0.25, 0.3) is 6.08 Å². The monoisotopic (exact) mass is 474 g/mol. The predicted molar refractivity (Wildman–Crippen MR) is 138 cm³/mol. The fourth-order valence-corrected chi connectivity index (χ4v) is 6.26. The Balaban J connectivity index is 1.25. The van der Waals surface area contributed by atoms with Gasteiger partial charge in [-0.25, -0.2) is 9.97 Å². The fourth-order valence-electron chi connectivity index (χ4n) is 6.26. The minimum Gasteiger partial charge on any atom is -0.367 e. The molecular formula is C26H34N8O. The highest BCUT2D eigenvalue weighted by atomic mass is 16.2. The summed E-state index contributed by atoms with van der Waals surface area (Å²) in [7, 11) is 0. The zero-order chi connectivity index (χ0) is 24.0. The molecular weight excluding hydrogens is 440 g/mol. The van der Waals surface area contributed by atoms with E-state index < -0.39 is 0 Å². The van der Waals surface area contributed by atoms with Crippen molar-refractivity contribution in [2.45, 2.75) is 69.6 Å². The van der Waals surface area contributed by atoms with Crippen molar-refractivity contribution in [3.8, 4) is 0 Å². The number of fused-ring (bicyclic) bond motifs is 4. The van der Waals surface area contributed by atoms with Gasteiger partial charge in [-0.3, -0.25) is 4.79 Å². The van der Waals surface area contributed by atoms with Gasteiger partial charge in [-0.15, -0.1) is 0 Å². The molecule has 4 aliphatic rings. The molecule has 1 saturated carbocycles. The first-order chi connectivity index (χ1) is 17.0. The van der Waals surface area contributed by atoms with Crippen LogP contribution in [-0.4, -0.2) is 64.2 Å². The van der Waals surface area contributed by atoms with E-state index in [1.54, 1.807) is 0 Å². The summed E-state index contributed by atoms with van der Waals surface area (Å²) < 4.78 is 0. The van der Waals surface area contributed by atoms with Crippen molar-refractivity contribution in [1.82, 2.24) is 25.6 Å². The molecule has 3 N–H and O–H groups in total. The maximum absolute atomic E-state index is 12.8. The van der Waals surface area contributed by atoms with E-state index >= 15 is 0 Å². The molecule has 2 saturated heterocycles. The van der Waals surface area contributed by atoms with Crippen molar-refractivity contribution < 1.29 is 4.79 Å². The van der Waals surface area contributed by atoms with Gasteiger partial charge in [0.25, 0.3) is 0 Å². The van der Waals surface area contributed by atoms with E-state index in [2.05, 4.69) is 55.6 Å². The third kappa shape index (κ3) is 4.11. The third-order valence-corrected chi connectivity index (χ3v) is 7.83. The van der Waals surface area contributed by atoms with Crippen molar-refractivity contribution in [2.24, 2.45) is 0 Å². The average molecular weight is 475 g/mol. The Morgan fingerprint density at radius 1 is 1.06 bits per heavy atom. The molecule has 9 heteroatoms. The molecule has 35 heavy (non-hydrogen) atoms. The molecule has 1 aliphatic carbocycles. The molecule has 9 nitrogen and oxygen atoms in total. The lowest BCUT2D eigenvalue weighted by Crippen LogP contribution is -2.69. The van der Waals surface area contributed by atoms with E-state index in [9.17, 15) is 4.79 Å². The van der Waals surface area contributed by atoms with Crippen LogP contribution in [0.5, 0.6) is 0 Å². The van der Waals surface area contributed by atoms with Gasteiger partial charge in [0.2, 0.25) is 11.9 Å². The Kier molecular flexibility index (Phi) is 5.59. The summed E-state index contributed by atoms with van der Waals surface area (Å²) in [5.41, 5.74) is 1.99. The Morgan fingerprint density at radius 3 is 2.60 bits per heavy atom. The van der Waals surface area contributed by atoms with Crippen molar-refractivity contribution in [1.29, 1.82) is 0 Å². The van der Waals surface area contributed by atoms with Crippen molar-refractivity contribution in [3.05, 3.63) is 36.2 Å². The lowest BCUT2D eigenvalue weighted by atomic mass is 9.77. The topological polar surface area (TPSA) is 98.3 Å². The van der Waals surface area contributed by atoms with Gasteiger partial charge in [0.05, 0.1) is 17.4 Å². The minimum atomic E-state index is -0.321. The molecule has 3 fully saturated rings. The quantitative estimate of drug-likeness (QED) is 0.625. The molecule has 184 valence electrons. The fraction of sp³-hybridized carbons (Fsp3) is 0.538. The summed E-state index contributed by atoms with van der Waals surface area (Å²) in [6.07, 6.45) is 13.5. The smallest absolute Gasteiger partial charge is 0.246 e. The molecule has 2 aromatic heterocycles. The largest absolute Gasteiger partial charge is 0.367 e. The zero-order valence-electron chi connectivity index (χ0n) is 20.5. The minimum absolute atomic E-state index is 0.0463. The van der Waals surface area contributed by atoms with E-state index in [0.717, 1.165) is 43.0 Å². The van der Waals surface area contributed by atoms with Crippen LogP contribution in [0.1, 0.15) is 51.5 Å². The molecule has 1 spiro atoms. The van der Waals surface area contributed by atoms with Gasteiger partial charge in [-0.05, 0) is 38.8 Å². The van der Waals surface area contributed by atoms with Gasteiger partial charge >= 0.3 is 0 Å². The molecule has 5 heterocycles. The van der Waals surface area contributed by atoms with E-state index in [1.165, 1.54) is 19.3 Å². The molecule has 0 aromatic carbocycles. The number of carbonyl (C=O) groups is 1. The van der Waals surface area contributed by atoms with Crippen molar-refractivity contribution in [2.75, 3.05) is 34.8 Å². The normalized spacial score (nSPS) is 27.3. The first-order valence-electron chi connectivity index (χ1n) is 12.9. The van der Waals surface area contributed by atoms with Crippen LogP contribution in [-0.2, 0) is 4.79 Å². The van der Waals surface area contributed by atoms with Gasteiger partial charge in [0, 0.05) is 43.5 Å². The highest BCUT2D eigenvalue weighted by molar-refractivity contribution is 5.93.